The average molecular weight is 389 g/mol. The van der Waals surface area contributed by atoms with E-state index in [1.807, 2.05) is 0 Å². The van der Waals surface area contributed by atoms with Crippen molar-refractivity contribution in [1.29, 1.82) is 0 Å². The predicted octanol–water partition coefficient (Wildman–Crippen LogP) is 1.10. The summed E-state index contributed by atoms with van der Waals surface area (Å²) in [6, 6.07) is 6.62. The number of hydrogen-bond acceptors (Lipinski definition) is 7. The van der Waals surface area contributed by atoms with Gasteiger partial charge in [0.05, 0.1) is 17.1 Å². The van der Waals surface area contributed by atoms with Gasteiger partial charge in [0.1, 0.15) is 0 Å². The molecule has 1 aliphatic rings. The number of aromatic nitrogens is 2. The highest BCUT2D eigenvalue weighted by atomic mass is 32.2. The monoisotopic (exact) mass is 389 g/mol. The Kier molecular flexibility index (Phi) is 5.36. The van der Waals surface area contributed by atoms with Crippen LogP contribution in [-0.2, 0) is 14.6 Å². The van der Waals surface area contributed by atoms with Gasteiger partial charge in [-0.2, -0.15) is 0 Å². The molecule has 3 N–H and O–H groups in total. The number of sulfone groups is 1. The van der Waals surface area contributed by atoms with Crippen LogP contribution in [0.25, 0.3) is 0 Å². The maximum atomic E-state index is 12.2. The third-order valence-electron chi connectivity index (χ3n) is 3.94. The number of amides is 2. The van der Waals surface area contributed by atoms with E-state index in [1.165, 1.54) is 19.3 Å². The number of carbonyl (C=O) groups excluding carboxylic acids is 2. The van der Waals surface area contributed by atoms with Gasteiger partial charge in [-0.3, -0.25) is 9.59 Å². The lowest BCUT2D eigenvalue weighted by Crippen LogP contribution is -2.35. The second-order valence-corrected chi connectivity index (χ2v) is 8.48. The summed E-state index contributed by atoms with van der Waals surface area (Å²) in [7, 11) is -3.05. The van der Waals surface area contributed by atoms with Crippen molar-refractivity contribution in [2.24, 2.45) is 0 Å². The minimum Gasteiger partial charge on any atom is -0.348 e. The minimum atomic E-state index is -3.05. The second kappa shape index (κ2) is 7.70. The van der Waals surface area contributed by atoms with Crippen LogP contribution in [0.4, 0.5) is 17.3 Å². The third kappa shape index (κ3) is 5.23. The Hall–Kier alpha value is -3.01. The van der Waals surface area contributed by atoms with E-state index in [0.717, 1.165) is 5.69 Å². The van der Waals surface area contributed by atoms with Crippen molar-refractivity contribution in [3.8, 4) is 0 Å². The van der Waals surface area contributed by atoms with Crippen molar-refractivity contribution < 1.29 is 18.0 Å². The van der Waals surface area contributed by atoms with Gasteiger partial charge in [-0.1, -0.05) is 0 Å². The average Bonchev–Trinajstić information content (AvgIpc) is 2.95. The van der Waals surface area contributed by atoms with E-state index in [-0.39, 0.29) is 29.0 Å². The molecule has 142 valence electrons. The summed E-state index contributed by atoms with van der Waals surface area (Å²) in [6.45, 7) is 1.43. The Labute approximate surface area is 156 Å². The summed E-state index contributed by atoms with van der Waals surface area (Å²) < 4.78 is 22.9. The van der Waals surface area contributed by atoms with Crippen LogP contribution in [0.2, 0.25) is 0 Å². The Bertz CT molecular complexity index is 942. The smallest absolute Gasteiger partial charge is 0.254 e. The molecule has 2 aromatic rings. The molecule has 1 aliphatic heterocycles. The molecule has 9 nitrogen and oxygen atoms in total. The quantitative estimate of drug-likeness (QED) is 0.698. The topological polar surface area (TPSA) is 130 Å². The lowest BCUT2D eigenvalue weighted by atomic mass is 10.2. The minimum absolute atomic E-state index is 0.0340. The standard InChI is InChI=1S/C17H19N5O4S/c1-11(23)20-13-2-4-14(5-3-13)22-17-18-8-12(9-19-17)16(24)21-15-6-7-27(25,26)10-15/h2-5,8-9,15H,6-7,10H2,1H3,(H,20,23)(H,21,24)(H,18,19,22). The zero-order chi connectivity index (χ0) is 19.4. The SMILES string of the molecule is CC(=O)Nc1ccc(Nc2ncc(C(=O)NC3CCS(=O)(=O)C3)cn2)cc1. The molecule has 2 amide bonds. The third-order valence-corrected chi connectivity index (χ3v) is 5.71. The van der Waals surface area contributed by atoms with Crippen molar-refractivity contribution in [3.05, 3.63) is 42.2 Å². The first kappa shape index (κ1) is 18.8. The lowest BCUT2D eigenvalue weighted by molar-refractivity contribution is -0.114. The number of carbonyl (C=O) groups is 2. The molecular formula is C17H19N5O4S. The van der Waals surface area contributed by atoms with E-state index < -0.39 is 15.7 Å². The summed E-state index contributed by atoms with van der Waals surface area (Å²) >= 11 is 0. The summed E-state index contributed by atoms with van der Waals surface area (Å²) in [6.07, 6.45) is 3.17. The van der Waals surface area contributed by atoms with Crippen LogP contribution >= 0.6 is 0 Å². The van der Waals surface area contributed by atoms with Gasteiger partial charge in [-0.05, 0) is 30.7 Å². The zero-order valence-corrected chi connectivity index (χ0v) is 15.4. The maximum Gasteiger partial charge on any atom is 0.254 e. The number of benzene rings is 1. The predicted molar refractivity (Wildman–Crippen MR) is 101 cm³/mol. The first-order chi connectivity index (χ1) is 12.8. The molecule has 1 aromatic heterocycles. The summed E-state index contributed by atoms with van der Waals surface area (Å²) in [5.74, 6) is -0.181. The Morgan fingerprint density at radius 1 is 1.07 bits per heavy atom. The van der Waals surface area contributed by atoms with Crippen LogP contribution in [0.5, 0.6) is 0 Å². The van der Waals surface area contributed by atoms with Gasteiger partial charge in [0.2, 0.25) is 11.9 Å². The molecule has 0 bridgehead atoms. The molecule has 1 atom stereocenters. The van der Waals surface area contributed by atoms with E-state index in [0.29, 0.717) is 18.1 Å². The molecule has 0 aliphatic carbocycles. The van der Waals surface area contributed by atoms with Crippen LogP contribution in [0.1, 0.15) is 23.7 Å². The van der Waals surface area contributed by atoms with E-state index in [9.17, 15) is 18.0 Å². The summed E-state index contributed by atoms with van der Waals surface area (Å²) in [5.41, 5.74) is 1.65. The van der Waals surface area contributed by atoms with Crippen molar-refractivity contribution in [3.63, 3.8) is 0 Å². The van der Waals surface area contributed by atoms with Gasteiger partial charge in [0.15, 0.2) is 9.84 Å². The van der Waals surface area contributed by atoms with Crippen molar-refractivity contribution >= 4 is 39.0 Å². The van der Waals surface area contributed by atoms with Gasteiger partial charge in [-0.15, -0.1) is 0 Å². The first-order valence-corrected chi connectivity index (χ1v) is 10.1. The molecule has 1 saturated heterocycles. The molecular weight excluding hydrogens is 370 g/mol. The van der Waals surface area contributed by atoms with Crippen molar-refractivity contribution in [2.75, 3.05) is 22.1 Å². The highest BCUT2D eigenvalue weighted by Crippen LogP contribution is 2.17. The lowest BCUT2D eigenvalue weighted by Gasteiger charge is -2.11. The van der Waals surface area contributed by atoms with Gasteiger partial charge >= 0.3 is 0 Å². The number of nitrogens with zero attached hydrogens (tertiary/aromatic N) is 2. The molecule has 0 saturated carbocycles. The number of rotatable bonds is 5. The fourth-order valence-corrected chi connectivity index (χ4v) is 4.33. The highest BCUT2D eigenvalue weighted by molar-refractivity contribution is 7.91. The van der Waals surface area contributed by atoms with Gasteiger partial charge in [-0.25, -0.2) is 18.4 Å². The number of hydrogen-bond donors (Lipinski definition) is 3. The molecule has 27 heavy (non-hydrogen) atoms. The van der Waals surface area contributed by atoms with E-state index in [4.69, 9.17) is 0 Å². The molecule has 0 radical (unpaired) electrons. The van der Waals surface area contributed by atoms with Crippen LogP contribution < -0.4 is 16.0 Å². The van der Waals surface area contributed by atoms with E-state index in [2.05, 4.69) is 25.9 Å². The second-order valence-electron chi connectivity index (χ2n) is 6.25. The Balaban J connectivity index is 1.58. The molecule has 1 aromatic carbocycles. The van der Waals surface area contributed by atoms with Gasteiger partial charge in [0.25, 0.3) is 5.91 Å². The first-order valence-electron chi connectivity index (χ1n) is 8.29. The van der Waals surface area contributed by atoms with Crippen LogP contribution in [0, 0.1) is 0 Å². The largest absolute Gasteiger partial charge is 0.348 e. The van der Waals surface area contributed by atoms with Crippen LogP contribution in [0.15, 0.2) is 36.7 Å². The summed E-state index contributed by atoms with van der Waals surface area (Å²) in [4.78, 5) is 31.4. The van der Waals surface area contributed by atoms with Gasteiger partial charge in [0, 0.05) is 36.7 Å². The Morgan fingerprint density at radius 2 is 1.70 bits per heavy atom. The highest BCUT2D eigenvalue weighted by Gasteiger charge is 2.29. The normalized spacial score (nSPS) is 17.9. The van der Waals surface area contributed by atoms with Crippen molar-refractivity contribution in [2.45, 2.75) is 19.4 Å². The molecule has 1 fully saturated rings. The maximum absolute atomic E-state index is 12.2. The fourth-order valence-electron chi connectivity index (χ4n) is 2.66. The van der Waals surface area contributed by atoms with E-state index >= 15 is 0 Å². The van der Waals surface area contributed by atoms with Crippen molar-refractivity contribution in [1.82, 2.24) is 15.3 Å². The molecule has 2 heterocycles. The summed E-state index contributed by atoms with van der Waals surface area (Å²) in [5, 5.41) is 8.35. The molecule has 10 heteroatoms. The zero-order valence-electron chi connectivity index (χ0n) is 14.6. The molecule has 1 unspecified atom stereocenters. The fraction of sp³-hybridized carbons (Fsp3) is 0.294. The van der Waals surface area contributed by atoms with Crippen LogP contribution in [0.3, 0.4) is 0 Å². The Morgan fingerprint density at radius 3 is 2.26 bits per heavy atom. The number of nitrogens with one attached hydrogen (secondary N) is 3. The molecule has 0 spiro atoms. The van der Waals surface area contributed by atoms with Crippen LogP contribution in [-0.4, -0.2) is 47.7 Å². The van der Waals surface area contributed by atoms with Gasteiger partial charge < -0.3 is 16.0 Å². The van der Waals surface area contributed by atoms with E-state index in [1.54, 1.807) is 24.3 Å². The molecule has 3 rings (SSSR count). The number of anilines is 3.